The van der Waals surface area contributed by atoms with Crippen molar-refractivity contribution in [2.45, 2.75) is 26.1 Å². The number of piperidine rings is 1. The lowest BCUT2D eigenvalue weighted by Gasteiger charge is -2.36. The smallest absolute Gasteiger partial charge is 0.186 e. The molecule has 0 N–H and O–H groups in total. The molecule has 0 bridgehead atoms. The third kappa shape index (κ3) is 3.13. The molecule has 6 heteroatoms. The first-order chi connectivity index (χ1) is 9.19. The number of ether oxygens (including phenoxy) is 2. The standard InChI is InChI=1S/C13H20N2O3S/c1-9-4-5-15(6-11(9)18-3)13-14-10(8-17-2)12(7-16)19-13/h7,9,11H,4-6,8H2,1-3H3. The first kappa shape index (κ1) is 14.4. The van der Waals surface area contributed by atoms with E-state index in [1.54, 1.807) is 14.2 Å². The van der Waals surface area contributed by atoms with E-state index < -0.39 is 0 Å². The molecule has 0 aliphatic carbocycles. The Morgan fingerprint density at radius 2 is 2.32 bits per heavy atom. The number of rotatable bonds is 5. The summed E-state index contributed by atoms with van der Waals surface area (Å²) in [6.45, 7) is 4.37. The van der Waals surface area contributed by atoms with Gasteiger partial charge in [-0.15, -0.1) is 0 Å². The predicted octanol–water partition coefficient (Wildman–Crippen LogP) is 1.96. The predicted molar refractivity (Wildman–Crippen MR) is 75.0 cm³/mol. The van der Waals surface area contributed by atoms with Crippen LogP contribution in [0.1, 0.15) is 28.7 Å². The molecule has 0 aromatic carbocycles. The van der Waals surface area contributed by atoms with Crippen LogP contribution in [-0.4, -0.2) is 44.7 Å². The molecule has 0 saturated carbocycles. The molecular weight excluding hydrogens is 264 g/mol. The van der Waals surface area contributed by atoms with Crippen LogP contribution in [0.2, 0.25) is 0 Å². The third-order valence-corrected chi connectivity index (χ3v) is 4.65. The second kappa shape index (κ2) is 6.45. The summed E-state index contributed by atoms with van der Waals surface area (Å²) in [5.41, 5.74) is 0.727. The maximum Gasteiger partial charge on any atom is 0.186 e. The number of nitrogens with zero attached hydrogens (tertiary/aromatic N) is 2. The fraction of sp³-hybridized carbons (Fsp3) is 0.692. The van der Waals surface area contributed by atoms with Crippen molar-refractivity contribution in [3.05, 3.63) is 10.6 Å². The van der Waals surface area contributed by atoms with Crippen LogP contribution in [0.5, 0.6) is 0 Å². The number of hydrogen-bond donors (Lipinski definition) is 0. The van der Waals surface area contributed by atoms with Gasteiger partial charge in [0.15, 0.2) is 11.4 Å². The van der Waals surface area contributed by atoms with E-state index in [1.807, 2.05) is 0 Å². The molecule has 2 heterocycles. The van der Waals surface area contributed by atoms with Gasteiger partial charge in [0.05, 0.1) is 23.3 Å². The van der Waals surface area contributed by atoms with Crippen LogP contribution in [0.4, 0.5) is 5.13 Å². The van der Waals surface area contributed by atoms with E-state index in [1.165, 1.54) is 11.3 Å². The average molecular weight is 284 g/mol. The quantitative estimate of drug-likeness (QED) is 0.774. The zero-order chi connectivity index (χ0) is 13.8. The zero-order valence-electron chi connectivity index (χ0n) is 11.6. The lowest BCUT2D eigenvalue weighted by molar-refractivity contribution is 0.0498. The maximum atomic E-state index is 11.0. The van der Waals surface area contributed by atoms with E-state index in [0.29, 0.717) is 17.4 Å². The van der Waals surface area contributed by atoms with Crippen molar-refractivity contribution in [2.24, 2.45) is 5.92 Å². The molecular formula is C13H20N2O3S. The van der Waals surface area contributed by atoms with Gasteiger partial charge in [-0.05, 0) is 12.3 Å². The molecule has 0 spiro atoms. The highest BCUT2D eigenvalue weighted by molar-refractivity contribution is 7.17. The zero-order valence-corrected chi connectivity index (χ0v) is 12.4. The van der Waals surface area contributed by atoms with Gasteiger partial charge in [-0.2, -0.15) is 0 Å². The number of carbonyl (C=O) groups excluding carboxylic acids is 1. The van der Waals surface area contributed by atoms with Gasteiger partial charge in [-0.1, -0.05) is 18.3 Å². The molecule has 1 aromatic heterocycles. The van der Waals surface area contributed by atoms with Gasteiger partial charge in [0, 0.05) is 27.3 Å². The monoisotopic (exact) mass is 284 g/mol. The molecule has 1 fully saturated rings. The van der Waals surface area contributed by atoms with Crippen LogP contribution in [0.15, 0.2) is 0 Å². The Morgan fingerprint density at radius 3 is 2.95 bits per heavy atom. The number of hydrogen-bond acceptors (Lipinski definition) is 6. The Labute approximate surface area is 117 Å². The van der Waals surface area contributed by atoms with Crippen molar-refractivity contribution in [2.75, 3.05) is 32.2 Å². The van der Waals surface area contributed by atoms with Crippen LogP contribution < -0.4 is 4.90 Å². The number of thiazole rings is 1. The summed E-state index contributed by atoms with van der Waals surface area (Å²) in [5.74, 6) is 0.560. The summed E-state index contributed by atoms with van der Waals surface area (Å²) in [4.78, 5) is 18.4. The summed E-state index contributed by atoms with van der Waals surface area (Å²) < 4.78 is 10.6. The first-order valence-corrected chi connectivity index (χ1v) is 7.22. The summed E-state index contributed by atoms with van der Waals surface area (Å²) in [6, 6.07) is 0. The molecule has 1 aliphatic rings. The highest BCUT2D eigenvalue weighted by Crippen LogP contribution is 2.30. The van der Waals surface area contributed by atoms with E-state index in [9.17, 15) is 4.79 Å². The van der Waals surface area contributed by atoms with E-state index in [-0.39, 0.29) is 6.10 Å². The Hall–Kier alpha value is -0.980. The SMILES string of the molecule is COCc1nc(N2CCC(C)C(OC)C2)sc1C=O. The minimum atomic E-state index is 0.225. The van der Waals surface area contributed by atoms with Gasteiger partial charge in [0.1, 0.15) is 0 Å². The largest absolute Gasteiger partial charge is 0.379 e. The van der Waals surface area contributed by atoms with Crippen LogP contribution in [0.3, 0.4) is 0 Å². The van der Waals surface area contributed by atoms with Crippen molar-refractivity contribution < 1.29 is 14.3 Å². The Bertz CT molecular complexity index is 436. The molecule has 2 unspecified atom stereocenters. The Morgan fingerprint density at radius 1 is 1.53 bits per heavy atom. The first-order valence-electron chi connectivity index (χ1n) is 6.41. The molecule has 1 aromatic rings. The van der Waals surface area contributed by atoms with E-state index in [0.717, 1.165) is 36.6 Å². The van der Waals surface area contributed by atoms with Gasteiger partial charge in [-0.25, -0.2) is 4.98 Å². The van der Waals surface area contributed by atoms with E-state index in [2.05, 4.69) is 16.8 Å². The minimum absolute atomic E-state index is 0.225. The fourth-order valence-electron chi connectivity index (χ4n) is 2.33. The fourth-order valence-corrected chi connectivity index (χ4v) is 3.25. The van der Waals surface area contributed by atoms with Crippen molar-refractivity contribution in [1.29, 1.82) is 0 Å². The van der Waals surface area contributed by atoms with Gasteiger partial charge in [0.25, 0.3) is 0 Å². The summed E-state index contributed by atoms with van der Waals surface area (Å²) in [6.07, 6.45) is 2.16. The number of carbonyl (C=O) groups is 1. The molecule has 1 saturated heterocycles. The Balaban J connectivity index is 2.15. The van der Waals surface area contributed by atoms with Crippen LogP contribution in [0.25, 0.3) is 0 Å². The highest BCUT2D eigenvalue weighted by atomic mass is 32.1. The number of aromatic nitrogens is 1. The number of aldehydes is 1. The topological polar surface area (TPSA) is 51.7 Å². The summed E-state index contributed by atoms with van der Waals surface area (Å²) in [5, 5.41) is 0.892. The average Bonchev–Trinajstić information content (AvgIpc) is 2.83. The number of anilines is 1. The van der Waals surface area contributed by atoms with Crippen LogP contribution in [0, 0.1) is 5.92 Å². The second-order valence-electron chi connectivity index (χ2n) is 4.84. The van der Waals surface area contributed by atoms with Crippen molar-refractivity contribution in [3.63, 3.8) is 0 Å². The van der Waals surface area contributed by atoms with Crippen LogP contribution in [-0.2, 0) is 16.1 Å². The van der Waals surface area contributed by atoms with Gasteiger partial charge in [0.2, 0.25) is 0 Å². The molecule has 106 valence electrons. The second-order valence-corrected chi connectivity index (χ2v) is 5.85. The summed E-state index contributed by atoms with van der Waals surface area (Å²) >= 11 is 1.43. The molecule has 5 nitrogen and oxygen atoms in total. The minimum Gasteiger partial charge on any atom is -0.379 e. The molecule has 2 atom stereocenters. The Kier molecular flexibility index (Phi) is 4.90. The number of methoxy groups -OCH3 is 2. The highest BCUT2D eigenvalue weighted by Gasteiger charge is 2.28. The van der Waals surface area contributed by atoms with Crippen molar-refractivity contribution in [1.82, 2.24) is 4.98 Å². The van der Waals surface area contributed by atoms with E-state index in [4.69, 9.17) is 9.47 Å². The molecule has 0 amide bonds. The summed E-state index contributed by atoms with van der Waals surface area (Å²) in [7, 11) is 3.36. The van der Waals surface area contributed by atoms with Gasteiger partial charge < -0.3 is 14.4 Å². The van der Waals surface area contributed by atoms with Gasteiger partial charge >= 0.3 is 0 Å². The molecule has 1 aliphatic heterocycles. The molecule has 2 rings (SSSR count). The normalized spacial score (nSPS) is 23.6. The molecule has 19 heavy (non-hydrogen) atoms. The lowest BCUT2D eigenvalue weighted by Crippen LogP contribution is -2.43. The van der Waals surface area contributed by atoms with Crippen molar-refractivity contribution in [3.8, 4) is 0 Å². The lowest BCUT2D eigenvalue weighted by atomic mass is 9.96. The third-order valence-electron chi connectivity index (χ3n) is 3.57. The van der Waals surface area contributed by atoms with E-state index >= 15 is 0 Å². The van der Waals surface area contributed by atoms with Crippen molar-refractivity contribution >= 4 is 22.8 Å². The van der Waals surface area contributed by atoms with Crippen LogP contribution >= 0.6 is 11.3 Å². The van der Waals surface area contributed by atoms with Gasteiger partial charge in [-0.3, -0.25) is 4.79 Å². The molecule has 0 radical (unpaired) electrons. The maximum absolute atomic E-state index is 11.0.